The van der Waals surface area contributed by atoms with Crippen LogP contribution in [-0.2, 0) is 14.3 Å². The molecule has 0 aromatic rings. The Labute approximate surface area is 132 Å². The lowest BCUT2D eigenvalue weighted by molar-refractivity contribution is -0.197. The van der Waals surface area contributed by atoms with E-state index in [2.05, 4.69) is 0 Å². The van der Waals surface area contributed by atoms with Crippen molar-refractivity contribution in [3.63, 3.8) is 0 Å². The number of aliphatic hydroxyl groups excluding tert-OH is 1. The van der Waals surface area contributed by atoms with Crippen LogP contribution in [-0.4, -0.2) is 29.1 Å². The molecule has 0 radical (unpaired) electrons. The molecule has 22 heavy (non-hydrogen) atoms. The molecule has 3 fully saturated rings. The fourth-order valence-electron chi connectivity index (χ4n) is 4.89. The van der Waals surface area contributed by atoms with Crippen LogP contribution in [0.25, 0.3) is 0 Å². The maximum Gasteiger partial charge on any atom is 0.319 e. The number of rotatable bonds is 1. The highest BCUT2D eigenvalue weighted by Crippen LogP contribution is 2.51. The standard InChI is InChI=1S/C18H28O4/c1-17(2)14(12-6-8-13(19)9-7-12)22-16(21)18(15(17)20)10-4-3-5-11-18/h12-14,19H,3-11H2,1-2H3. The molecule has 0 aromatic heterocycles. The first-order valence-electron chi connectivity index (χ1n) is 8.82. The largest absolute Gasteiger partial charge is 0.460 e. The number of hydrogen-bond acceptors (Lipinski definition) is 4. The summed E-state index contributed by atoms with van der Waals surface area (Å²) in [6, 6.07) is 0. The fraction of sp³-hybridized carbons (Fsp3) is 0.889. The maximum atomic E-state index is 13.2. The molecule has 0 amide bonds. The average Bonchev–Trinajstić information content (AvgIpc) is 2.52. The molecule has 1 unspecified atom stereocenters. The highest BCUT2D eigenvalue weighted by Gasteiger charge is 2.61. The number of cyclic esters (lactones) is 1. The number of ketones is 1. The van der Waals surface area contributed by atoms with Gasteiger partial charge in [0.15, 0.2) is 5.78 Å². The molecule has 1 N–H and O–H groups in total. The number of carbonyl (C=O) groups is 2. The van der Waals surface area contributed by atoms with Gasteiger partial charge in [0.1, 0.15) is 11.5 Å². The molecule has 124 valence electrons. The lowest BCUT2D eigenvalue weighted by Crippen LogP contribution is -2.60. The molecule has 4 nitrogen and oxygen atoms in total. The summed E-state index contributed by atoms with van der Waals surface area (Å²) in [5, 5.41) is 9.68. The molecule has 1 spiro atoms. The van der Waals surface area contributed by atoms with Gasteiger partial charge in [-0.1, -0.05) is 19.3 Å². The summed E-state index contributed by atoms with van der Waals surface area (Å²) in [6.07, 6.45) is 6.90. The topological polar surface area (TPSA) is 63.6 Å². The van der Waals surface area contributed by atoms with Gasteiger partial charge in [-0.3, -0.25) is 9.59 Å². The SMILES string of the molecule is CC1(C)C(=O)C2(CCCCC2)C(=O)OC1C1CCC(O)CC1. The lowest BCUT2D eigenvalue weighted by Gasteiger charge is -2.50. The third-order valence-electron chi connectivity index (χ3n) is 6.23. The summed E-state index contributed by atoms with van der Waals surface area (Å²) >= 11 is 0. The molecule has 2 aliphatic carbocycles. The Morgan fingerprint density at radius 1 is 1.00 bits per heavy atom. The zero-order valence-electron chi connectivity index (χ0n) is 13.8. The van der Waals surface area contributed by atoms with Gasteiger partial charge >= 0.3 is 5.97 Å². The predicted octanol–water partition coefficient (Wildman–Crippen LogP) is 3.01. The zero-order chi connectivity index (χ0) is 16.0. The van der Waals surface area contributed by atoms with Crippen LogP contribution in [0, 0.1) is 16.7 Å². The Kier molecular flexibility index (Phi) is 4.09. The van der Waals surface area contributed by atoms with Gasteiger partial charge in [-0.05, 0) is 58.3 Å². The summed E-state index contributed by atoms with van der Waals surface area (Å²) in [7, 11) is 0. The number of Topliss-reactive ketones (excluding diaryl/α,β-unsaturated/α-hetero) is 1. The van der Waals surface area contributed by atoms with Gasteiger partial charge in [0.05, 0.1) is 11.5 Å². The third-order valence-corrected chi connectivity index (χ3v) is 6.23. The number of carbonyl (C=O) groups excluding carboxylic acids is 2. The van der Waals surface area contributed by atoms with Crippen molar-refractivity contribution in [2.75, 3.05) is 0 Å². The van der Waals surface area contributed by atoms with Gasteiger partial charge in [0.2, 0.25) is 0 Å². The number of esters is 1. The summed E-state index contributed by atoms with van der Waals surface area (Å²) in [5.74, 6) is 0.0342. The third kappa shape index (κ3) is 2.40. The minimum Gasteiger partial charge on any atom is -0.460 e. The molecule has 1 atom stereocenters. The maximum absolute atomic E-state index is 13.2. The second kappa shape index (κ2) is 5.63. The molecule has 1 aliphatic heterocycles. The van der Waals surface area contributed by atoms with Gasteiger partial charge < -0.3 is 9.84 Å². The van der Waals surface area contributed by atoms with Gasteiger partial charge in [0, 0.05) is 0 Å². The summed E-state index contributed by atoms with van der Waals surface area (Å²) in [4.78, 5) is 25.9. The highest BCUT2D eigenvalue weighted by molar-refractivity contribution is 6.08. The van der Waals surface area contributed by atoms with E-state index >= 15 is 0 Å². The van der Waals surface area contributed by atoms with Gasteiger partial charge in [0.25, 0.3) is 0 Å². The van der Waals surface area contributed by atoms with E-state index in [0.29, 0.717) is 12.8 Å². The Bertz CT molecular complexity index is 454. The molecule has 4 heteroatoms. The summed E-state index contributed by atoms with van der Waals surface area (Å²) in [5.41, 5.74) is -1.48. The van der Waals surface area contributed by atoms with Crippen molar-refractivity contribution < 1.29 is 19.4 Å². The van der Waals surface area contributed by atoms with Crippen molar-refractivity contribution in [1.29, 1.82) is 0 Å². The molecule has 2 saturated carbocycles. The van der Waals surface area contributed by atoms with E-state index in [1.165, 1.54) is 0 Å². The van der Waals surface area contributed by atoms with Crippen LogP contribution < -0.4 is 0 Å². The Balaban J connectivity index is 1.84. The average molecular weight is 308 g/mol. The minimum absolute atomic E-state index is 0.104. The number of ether oxygens (including phenoxy) is 1. The molecule has 0 aromatic carbocycles. The fourth-order valence-corrected chi connectivity index (χ4v) is 4.89. The Hall–Kier alpha value is -0.900. The molecule has 3 aliphatic rings. The van der Waals surface area contributed by atoms with Gasteiger partial charge in [-0.15, -0.1) is 0 Å². The number of hydrogen-bond donors (Lipinski definition) is 1. The van der Waals surface area contributed by atoms with Crippen LogP contribution in [0.2, 0.25) is 0 Å². The molecule has 0 bridgehead atoms. The van der Waals surface area contributed by atoms with Crippen molar-refractivity contribution >= 4 is 11.8 Å². The molecular formula is C18H28O4. The first-order valence-corrected chi connectivity index (χ1v) is 8.82. The smallest absolute Gasteiger partial charge is 0.319 e. The summed E-state index contributed by atoms with van der Waals surface area (Å²) in [6.45, 7) is 3.90. The number of aliphatic hydroxyl groups is 1. The van der Waals surface area contributed by atoms with Crippen LogP contribution in [0.1, 0.15) is 71.6 Å². The van der Waals surface area contributed by atoms with Crippen LogP contribution in [0.3, 0.4) is 0 Å². The van der Waals surface area contributed by atoms with E-state index in [1.54, 1.807) is 0 Å². The Morgan fingerprint density at radius 3 is 2.18 bits per heavy atom. The van der Waals surface area contributed by atoms with Gasteiger partial charge in [-0.25, -0.2) is 0 Å². The van der Waals surface area contributed by atoms with Crippen molar-refractivity contribution in [2.45, 2.75) is 83.8 Å². The quantitative estimate of drug-likeness (QED) is 0.597. The van der Waals surface area contributed by atoms with Crippen LogP contribution in [0.4, 0.5) is 0 Å². The lowest BCUT2D eigenvalue weighted by atomic mass is 9.58. The molecule has 1 saturated heterocycles. The second-order valence-corrected chi connectivity index (χ2v) is 8.09. The molecule has 3 rings (SSSR count). The normalized spacial score (nSPS) is 37.9. The van der Waals surface area contributed by atoms with E-state index in [1.807, 2.05) is 13.8 Å². The van der Waals surface area contributed by atoms with Crippen molar-refractivity contribution in [2.24, 2.45) is 16.7 Å². The molecular weight excluding hydrogens is 280 g/mol. The summed E-state index contributed by atoms with van der Waals surface area (Å²) < 4.78 is 5.90. The molecule has 1 heterocycles. The first-order chi connectivity index (χ1) is 10.4. The Morgan fingerprint density at radius 2 is 1.59 bits per heavy atom. The van der Waals surface area contributed by atoms with Crippen molar-refractivity contribution in [1.82, 2.24) is 0 Å². The monoisotopic (exact) mass is 308 g/mol. The highest BCUT2D eigenvalue weighted by atomic mass is 16.5. The van der Waals surface area contributed by atoms with Gasteiger partial charge in [-0.2, -0.15) is 0 Å². The van der Waals surface area contributed by atoms with E-state index in [-0.39, 0.29) is 29.9 Å². The van der Waals surface area contributed by atoms with Crippen molar-refractivity contribution in [3.8, 4) is 0 Å². The predicted molar refractivity (Wildman–Crippen MR) is 82.2 cm³/mol. The van der Waals surface area contributed by atoms with Crippen LogP contribution >= 0.6 is 0 Å². The van der Waals surface area contributed by atoms with E-state index in [0.717, 1.165) is 44.9 Å². The van der Waals surface area contributed by atoms with E-state index < -0.39 is 10.8 Å². The van der Waals surface area contributed by atoms with Crippen LogP contribution in [0.15, 0.2) is 0 Å². The first kappa shape index (κ1) is 16.0. The minimum atomic E-state index is -0.869. The van der Waals surface area contributed by atoms with Crippen molar-refractivity contribution in [3.05, 3.63) is 0 Å². The zero-order valence-corrected chi connectivity index (χ0v) is 13.8. The second-order valence-electron chi connectivity index (χ2n) is 8.09. The van der Waals surface area contributed by atoms with Crippen LogP contribution in [0.5, 0.6) is 0 Å². The van der Waals surface area contributed by atoms with E-state index in [4.69, 9.17) is 4.74 Å². The van der Waals surface area contributed by atoms with E-state index in [9.17, 15) is 14.7 Å².